The maximum atomic E-state index is 10.8. The number of nitrogens with two attached hydrogens (primary N) is 2. The Morgan fingerprint density at radius 2 is 1.90 bits per heavy atom. The van der Waals surface area contributed by atoms with Crippen LogP contribution < -0.4 is 17.1 Å². The molecule has 0 saturated heterocycles. The Balaban J connectivity index is 0.000000204. The first-order valence-electron chi connectivity index (χ1n) is 9.62. The zero-order chi connectivity index (χ0) is 23.1. The van der Waals surface area contributed by atoms with Gasteiger partial charge in [0.25, 0.3) is 0 Å². The molecule has 10 heteroatoms. The standard InChI is InChI=1S/C10H10N2O2.C9H11N5S.C2H6/c1-6-3-4-7-8(5-6)12(2)11-9(7)10(13)14;1-5-12-7-3-2-6(4-8(7)15-5)9(13-10)14-11;1-2/h3-5H,1-2H3,(H,13,14);2-4H,10-11H2,1H3,(H,13,14);1-2H3. The molecule has 31 heavy (non-hydrogen) atoms. The zero-order valence-corrected chi connectivity index (χ0v) is 19.0. The summed E-state index contributed by atoms with van der Waals surface area (Å²) in [6.45, 7) is 7.94. The van der Waals surface area contributed by atoms with E-state index in [1.807, 2.05) is 58.0 Å². The molecular weight excluding hydrogens is 414 g/mol. The van der Waals surface area contributed by atoms with Crippen LogP contribution in [0.5, 0.6) is 0 Å². The predicted molar refractivity (Wildman–Crippen MR) is 126 cm³/mol. The van der Waals surface area contributed by atoms with E-state index < -0.39 is 5.97 Å². The molecule has 0 bridgehead atoms. The van der Waals surface area contributed by atoms with Crippen molar-refractivity contribution in [2.24, 2.45) is 23.8 Å². The second-order valence-corrected chi connectivity index (χ2v) is 7.57. The molecule has 0 saturated carbocycles. The highest BCUT2D eigenvalue weighted by molar-refractivity contribution is 7.18. The second kappa shape index (κ2) is 10.5. The number of hydrazone groups is 1. The minimum absolute atomic E-state index is 0.113. The van der Waals surface area contributed by atoms with Crippen LogP contribution in [-0.4, -0.2) is 31.7 Å². The van der Waals surface area contributed by atoms with E-state index in [1.165, 1.54) is 0 Å². The molecule has 9 nitrogen and oxygen atoms in total. The Kier molecular flexibility index (Phi) is 8.06. The number of benzene rings is 2. The number of aromatic nitrogens is 3. The summed E-state index contributed by atoms with van der Waals surface area (Å²) in [5.41, 5.74) is 6.35. The summed E-state index contributed by atoms with van der Waals surface area (Å²) in [6.07, 6.45) is 0. The van der Waals surface area contributed by atoms with Crippen molar-refractivity contribution in [3.8, 4) is 0 Å². The largest absolute Gasteiger partial charge is 0.476 e. The SMILES string of the molecule is CC.Cc1ccc2c(C(=O)O)nn(C)c2c1.Cc1nc2ccc(/C(=N/N)NN)cc2s1. The van der Waals surface area contributed by atoms with Gasteiger partial charge in [0.15, 0.2) is 11.5 Å². The maximum absolute atomic E-state index is 10.8. The molecule has 0 aliphatic carbocycles. The fourth-order valence-corrected chi connectivity index (χ4v) is 3.77. The number of fused-ring (bicyclic) bond motifs is 2. The summed E-state index contributed by atoms with van der Waals surface area (Å²) in [6, 6.07) is 11.4. The van der Waals surface area contributed by atoms with Gasteiger partial charge in [-0.15, -0.1) is 11.3 Å². The van der Waals surface area contributed by atoms with Crippen molar-refractivity contribution < 1.29 is 9.90 Å². The van der Waals surface area contributed by atoms with Gasteiger partial charge < -0.3 is 16.4 Å². The molecule has 0 atom stereocenters. The number of aryl methyl sites for hydroxylation is 3. The summed E-state index contributed by atoms with van der Waals surface area (Å²) in [5, 5.41) is 18.1. The van der Waals surface area contributed by atoms with Crippen LogP contribution in [0.3, 0.4) is 0 Å². The monoisotopic (exact) mass is 441 g/mol. The van der Waals surface area contributed by atoms with E-state index >= 15 is 0 Å². The van der Waals surface area contributed by atoms with E-state index in [1.54, 1.807) is 29.1 Å². The van der Waals surface area contributed by atoms with Crippen molar-refractivity contribution >= 4 is 44.3 Å². The summed E-state index contributed by atoms with van der Waals surface area (Å²) in [5.74, 6) is 9.96. The predicted octanol–water partition coefficient (Wildman–Crippen LogP) is 3.29. The van der Waals surface area contributed by atoms with Crippen LogP contribution in [0.2, 0.25) is 0 Å². The van der Waals surface area contributed by atoms with Crippen LogP contribution in [-0.2, 0) is 7.05 Å². The molecule has 0 unspecified atom stereocenters. The van der Waals surface area contributed by atoms with Crippen LogP contribution in [0.25, 0.3) is 21.1 Å². The lowest BCUT2D eigenvalue weighted by Crippen LogP contribution is -2.31. The van der Waals surface area contributed by atoms with Crippen LogP contribution in [0.1, 0.15) is 40.5 Å². The van der Waals surface area contributed by atoms with E-state index in [9.17, 15) is 4.79 Å². The fourth-order valence-electron chi connectivity index (χ4n) is 2.91. The van der Waals surface area contributed by atoms with E-state index in [-0.39, 0.29) is 5.69 Å². The van der Waals surface area contributed by atoms with Gasteiger partial charge in [-0.05, 0) is 43.7 Å². The average Bonchev–Trinajstić information content (AvgIpc) is 3.29. The summed E-state index contributed by atoms with van der Waals surface area (Å²) >= 11 is 1.63. The number of carboxylic acids is 1. The molecule has 0 spiro atoms. The lowest BCUT2D eigenvalue weighted by molar-refractivity contribution is 0.0691. The smallest absolute Gasteiger partial charge is 0.357 e. The topological polar surface area (TPSA) is 144 Å². The molecule has 4 rings (SSSR count). The first kappa shape index (κ1) is 23.8. The molecule has 4 aromatic rings. The van der Waals surface area contributed by atoms with Crippen molar-refractivity contribution in [2.75, 3.05) is 0 Å². The first-order chi connectivity index (χ1) is 14.8. The third kappa shape index (κ3) is 5.36. The highest BCUT2D eigenvalue weighted by Gasteiger charge is 2.14. The number of nitrogens with one attached hydrogen (secondary N) is 1. The molecule has 164 valence electrons. The van der Waals surface area contributed by atoms with Crippen LogP contribution in [0.4, 0.5) is 0 Å². The Hall–Kier alpha value is -3.50. The first-order valence-corrected chi connectivity index (χ1v) is 10.4. The normalized spacial score (nSPS) is 10.8. The quantitative estimate of drug-likeness (QED) is 0.162. The molecule has 0 fully saturated rings. The summed E-state index contributed by atoms with van der Waals surface area (Å²) < 4.78 is 2.69. The zero-order valence-electron chi connectivity index (χ0n) is 18.2. The van der Waals surface area contributed by atoms with E-state index in [2.05, 4.69) is 20.6 Å². The molecule has 6 N–H and O–H groups in total. The molecular formula is C21H27N7O2S. The van der Waals surface area contributed by atoms with Crippen molar-refractivity contribution in [3.63, 3.8) is 0 Å². The third-order valence-electron chi connectivity index (χ3n) is 4.24. The minimum atomic E-state index is -0.987. The number of carbonyl (C=O) groups is 1. The number of aromatic carboxylic acids is 1. The lowest BCUT2D eigenvalue weighted by Gasteiger charge is -2.02. The average molecular weight is 442 g/mol. The number of thiazole rings is 1. The van der Waals surface area contributed by atoms with Gasteiger partial charge in [-0.1, -0.05) is 26.0 Å². The highest BCUT2D eigenvalue weighted by atomic mass is 32.1. The minimum Gasteiger partial charge on any atom is -0.476 e. The Morgan fingerprint density at radius 3 is 2.52 bits per heavy atom. The molecule has 2 aromatic carbocycles. The van der Waals surface area contributed by atoms with Crippen molar-refractivity contribution in [1.29, 1.82) is 0 Å². The molecule has 0 aliphatic rings. The van der Waals surface area contributed by atoms with Crippen molar-refractivity contribution in [2.45, 2.75) is 27.7 Å². The molecule has 0 aliphatic heterocycles. The number of hydrogen-bond donors (Lipinski definition) is 4. The Morgan fingerprint density at radius 1 is 1.19 bits per heavy atom. The van der Waals surface area contributed by atoms with E-state index in [4.69, 9.17) is 16.8 Å². The second-order valence-electron chi connectivity index (χ2n) is 6.34. The molecule has 0 radical (unpaired) electrons. The molecule has 0 amide bonds. The van der Waals surface area contributed by atoms with Crippen LogP contribution in [0.15, 0.2) is 41.5 Å². The molecule has 2 heterocycles. The molecule has 2 aromatic heterocycles. The third-order valence-corrected chi connectivity index (χ3v) is 5.18. The fraction of sp³-hybridized carbons (Fsp3) is 0.238. The van der Waals surface area contributed by atoms with Gasteiger partial charge in [-0.2, -0.15) is 10.2 Å². The van der Waals surface area contributed by atoms with E-state index in [0.717, 1.165) is 31.9 Å². The number of hydrogen-bond acceptors (Lipinski definition) is 7. The Bertz CT molecular complexity index is 1230. The number of rotatable bonds is 2. The van der Waals surface area contributed by atoms with Gasteiger partial charge in [-0.3, -0.25) is 4.68 Å². The van der Waals surface area contributed by atoms with Gasteiger partial charge in [0.1, 0.15) is 0 Å². The van der Waals surface area contributed by atoms with Gasteiger partial charge in [0.2, 0.25) is 0 Å². The maximum Gasteiger partial charge on any atom is 0.357 e. The lowest BCUT2D eigenvalue weighted by atomic mass is 10.1. The summed E-state index contributed by atoms with van der Waals surface area (Å²) in [7, 11) is 1.74. The van der Waals surface area contributed by atoms with Crippen molar-refractivity contribution in [3.05, 3.63) is 58.2 Å². The van der Waals surface area contributed by atoms with Gasteiger partial charge in [0.05, 0.1) is 20.7 Å². The summed E-state index contributed by atoms with van der Waals surface area (Å²) in [4.78, 5) is 15.2. The number of nitrogens with zero attached hydrogens (tertiary/aromatic N) is 4. The van der Waals surface area contributed by atoms with Gasteiger partial charge in [0, 0.05) is 18.0 Å². The van der Waals surface area contributed by atoms with Gasteiger partial charge >= 0.3 is 5.97 Å². The number of carboxylic acid groups (broad SMARTS) is 1. The highest BCUT2D eigenvalue weighted by Crippen LogP contribution is 2.22. The van der Waals surface area contributed by atoms with Gasteiger partial charge in [-0.25, -0.2) is 15.6 Å². The number of amidine groups is 1. The number of hydrazine groups is 1. The Labute approximate surface area is 184 Å². The van der Waals surface area contributed by atoms with Crippen molar-refractivity contribution in [1.82, 2.24) is 20.2 Å². The van der Waals surface area contributed by atoms with E-state index in [0.29, 0.717) is 11.2 Å². The van der Waals surface area contributed by atoms with Crippen LogP contribution >= 0.6 is 11.3 Å². The van der Waals surface area contributed by atoms with Crippen LogP contribution in [0, 0.1) is 13.8 Å².